The molecule has 0 saturated carbocycles. The lowest BCUT2D eigenvalue weighted by atomic mass is 10.2. The van der Waals surface area contributed by atoms with Gasteiger partial charge in [0.05, 0.1) is 6.20 Å². The lowest BCUT2D eigenvalue weighted by molar-refractivity contribution is -0.148. The fourth-order valence-electron chi connectivity index (χ4n) is 2.45. The first-order chi connectivity index (χ1) is 14.9. The number of hydrogen-bond donors (Lipinski definition) is 1. The van der Waals surface area contributed by atoms with Gasteiger partial charge in [-0.25, -0.2) is 13.6 Å². The number of halogens is 2. The molecule has 0 spiro atoms. The maximum absolute atomic E-state index is 14.2. The maximum atomic E-state index is 14.2. The average molecular weight is 424 g/mol. The molecule has 1 atom stereocenters. The summed E-state index contributed by atoms with van der Waals surface area (Å²) in [5.74, 6) is -2.00. The zero-order valence-corrected chi connectivity index (χ0v) is 16.4. The number of rotatable bonds is 7. The van der Waals surface area contributed by atoms with Crippen molar-refractivity contribution in [2.45, 2.75) is 13.0 Å². The second-order valence-corrected chi connectivity index (χ2v) is 6.39. The molecule has 1 N–H and O–H groups in total. The Bertz CT molecular complexity index is 1090. The fraction of sp³-hybridized carbons (Fsp3) is 0.0870. The van der Waals surface area contributed by atoms with E-state index >= 15 is 0 Å². The predicted molar refractivity (Wildman–Crippen MR) is 110 cm³/mol. The van der Waals surface area contributed by atoms with Crippen LogP contribution in [0.2, 0.25) is 0 Å². The first-order valence-electron chi connectivity index (χ1n) is 9.23. The number of nitrogens with one attached hydrogen (secondary N) is 1. The Morgan fingerprint density at radius 2 is 1.87 bits per heavy atom. The number of hydrogen-bond acceptors (Lipinski definition) is 5. The van der Waals surface area contributed by atoms with Crippen LogP contribution in [0.25, 0.3) is 6.08 Å². The van der Waals surface area contributed by atoms with Gasteiger partial charge in [-0.05, 0) is 67.1 Å². The summed E-state index contributed by atoms with van der Waals surface area (Å²) in [7, 11) is 0. The van der Waals surface area contributed by atoms with E-state index in [9.17, 15) is 18.4 Å². The molecule has 2 aromatic carbocycles. The molecular formula is C23H18F2N2O4. The number of benzene rings is 2. The van der Waals surface area contributed by atoms with E-state index in [4.69, 9.17) is 9.47 Å². The lowest BCUT2D eigenvalue weighted by Crippen LogP contribution is -2.29. The molecule has 3 rings (SSSR count). The lowest BCUT2D eigenvalue weighted by Gasteiger charge is -2.12. The summed E-state index contributed by atoms with van der Waals surface area (Å²) in [5, 5.41) is 2.51. The molecule has 0 radical (unpaired) electrons. The molecule has 0 aliphatic carbocycles. The number of nitrogens with zero attached hydrogens (tertiary/aromatic N) is 1. The SMILES string of the molecule is CC(OC(=O)/C=C/c1ccc(Oc2cccnc2)c(F)c1)C(=O)Nc1ccc(F)cc1. The molecule has 1 heterocycles. The zero-order valence-electron chi connectivity index (χ0n) is 16.4. The van der Waals surface area contributed by atoms with Crippen LogP contribution in [0.3, 0.4) is 0 Å². The van der Waals surface area contributed by atoms with Crippen molar-refractivity contribution in [1.82, 2.24) is 4.98 Å². The molecule has 3 aromatic rings. The van der Waals surface area contributed by atoms with E-state index in [0.29, 0.717) is 17.0 Å². The van der Waals surface area contributed by atoms with E-state index in [1.165, 1.54) is 55.6 Å². The van der Waals surface area contributed by atoms with Crippen LogP contribution in [0, 0.1) is 11.6 Å². The monoisotopic (exact) mass is 424 g/mol. The van der Waals surface area contributed by atoms with Crippen LogP contribution in [0.15, 0.2) is 73.1 Å². The first-order valence-corrected chi connectivity index (χ1v) is 9.23. The van der Waals surface area contributed by atoms with Crippen molar-refractivity contribution in [3.63, 3.8) is 0 Å². The van der Waals surface area contributed by atoms with Crippen LogP contribution in [0.1, 0.15) is 12.5 Å². The van der Waals surface area contributed by atoms with Gasteiger partial charge in [-0.2, -0.15) is 0 Å². The summed E-state index contributed by atoms with van der Waals surface area (Å²) in [5.41, 5.74) is 0.769. The Labute approximate surface area is 177 Å². The topological polar surface area (TPSA) is 77.5 Å². The van der Waals surface area contributed by atoms with E-state index in [0.717, 1.165) is 6.08 Å². The van der Waals surface area contributed by atoms with Crippen molar-refractivity contribution in [3.8, 4) is 11.5 Å². The number of pyridine rings is 1. The number of aromatic nitrogens is 1. The fourth-order valence-corrected chi connectivity index (χ4v) is 2.45. The van der Waals surface area contributed by atoms with Gasteiger partial charge in [-0.3, -0.25) is 9.78 Å². The Kier molecular flexibility index (Phi) is 7.05. The van der Waals surface area contributed by atoms with Crippen molar-refractivity contribution in [1.29, 1.82) is 0 Å². The molecule has 1 aromatic heterocycles. The average Bonchev–Trinajstić information content (AvgIpc) is 2.76. The quantitative estimate of drug-likeness (QED) is 0.438. The van der Waals surface area contributed by atoms with E-state index in [-0.39, 0.29) is 5.75 Å². The summed E-state index contributed by atoms with van der Waals surface area (Å²) < 4.78 is 37.6. The Morgan fingerprint density at radius 1 is 1.10 bits per heavy atom. The van der Waals surface area contributed by atoms with E-state index in [2.05, 4.69) is 10.3 Å². The van der Waals surface area contributed by atoms with Gasteiger partial charge in [0.2, 0.25) is 0 Å². The summed E-state index contributed by atoms with van der Waals surface area (Å²) in [4.78, 5) is 27.9. The minimum absolute atomic E-state index is 0.0128. The van der Waals surface area contributed by atoms with E-state index in [1.54, 1.807) is 24.4 Å². The van der Waals surface area contributed by atoms with Crippen molar-refractivity contribution in [2.24, 2.45) is 0 Å². The van der Waals surface area contributed by atoms with Gasteiger partial charge in [0.15, 0.2) is 17.7 Å². The highest BCUT2D eigenvalue weighted by atomic mass is 19.1. The molecule has 8 heteroatoms. The molecule has 1 amide bonds. The third-order valence-electron chi connectivity index (χ3n) is 4.00. The highest BCUT2D eigenvalue weighted by Crippen LogP contribution is 2.24. The van der Waals surface area contributed by atoms with Gasteiger partial charge in [0.25, 0.3) is 5.91 Å². The molecule has 1 unspecified atom stereocenters. The molecule has 0 fully saturated rings. The smallest absolute Gasteiger partial charge is 0.331 e. The second kappa shape index (κ2) is 10.1. The van der Waals surface area contributed by atoms with Crippen LogP contribution in [-0.4, -0.2) is 23.0 Å². The standard InChI is InChI=1S/C23H18F2N2O4/c1-15(23(29)27-18-8-6-17(24)7-9-18)30-22(28)11-5-16-4-10-21(20(25)13-16)31-19-3-2-12-26-14-19/h2-15H,1H3,(H,27,29)/b11-5+. The third kappa shape index (κ3) is 6.46. The normalized spacial score (nSPS) is 11.7. The summed E-state index contributed by atoms with van der Waals surface area (Å²) in [6.07, 6.45) is 4.37. The number of carbonyl (C=O) groups excluding carboxylic acids is 2. The molecule has 0 saturated heterocycles. The Morgan fingerprint density at radius 3 is 2.55 bits per heavy atom. The number of anilines is 1. The number of esters is 1. The summed E-state index contributed by atoms with van der Waals surface area (Å²) in [6, 6.07) is 12.6. The maximum Gasteiger partial charge on any atom is 0.331 e. The summed E-state index contributed by atoms with van der Waals surface area (Å²) in [6.45, 7) is 1.40. The van der Waals surface area contributed by atoms with Crippen LogP contribution in [0.5, 0.6) is 11.5 Å². The molecule has 31 heavy (non-hydrogen) atoms. The molecule has 0 bridgehead atoms. The molecule has 6 nitrogen and oxygen atoms in total. The molecule has 0 aliphatic heterocycles. The molecule has 0 aliphatic rings. The summed E-state index contributed by atoms with van der Waals surface area (Å²) >= 11 is 0. The van der Waals surface area contributed by atoms with Crippen LogP contribution < -0.4 is 10.1 Å². The van der Waals surface area contributed by atoms with Crippen LogP contribution >= 0.6 is 0 Å². The zero-order chi connectivity index (χ0) is 22.2. The van der Waals surface area contributed by atoms with Gasteiger partial charge >= 0.3 is 5.97 Å². The highest BCUT2D eigenvalue weighted by Gasteiger charge is 2.16. The van der Waals surface area contributed by atoms with E-state index in [1.807, 2.05) is 0 Å². The first kappa shape index (κ1) is 21.6. The largest absolute Gasteiger partial charge is 0.453 e. The number of amides is 1. The molecule has 158 valence electrons. The van der Waals surface area contributed by atoms with Crippen molar-refractivity contribution in [2.75, 3.05) is 5.32 Å². The van der Waals surface area contributed by atoms with Gasteiger partial charge in [-0.1, -0.05) is 6.07 Å². The van der Waals surface area contributed by atoms with Crippen LogP contribution in [0.4, 0.5) is 14.5 Å². The predicted octanol–water partition coefficient (Wildman–Crippen LogP) is 4.74. The second-order valence-electron chi connectivity index (χ2n) is 6.39. The van der Waals surface area contributed by atoms with Crippen molar-refractivity contribution >= 4 is 23.6 Å². The van der Waals surface area contributed by atoms with E-state index < -0.39 is 29.6 Å². The molecular weight excluding hydrogens is 406 g/mol. The van der Waals surface area contributed by atoms with Crippen molar-refractivity contribution in [3.05, 3.63) is 90.3 Å². The van der Waals surface area contributed by atoms with Gasteiger partial charge in [0.1, 0.15) is 11.6 Å². The number of carbonyl (C=O) groups is 2. The van der Waals surface area contributed by atoms with Crippen molar-refractivity contribution < 1.29 is 27.8 Å². The Balaban J connectivity index is 1.54. The minimum atomic E-state index is -1.09. The number of ether oxygens (including phenoxy) is 2. The van der Waals surface area contributed by atoms with Gasteiger partial charge in [0, 0.05) is 18.0 Å². The minimum Gasteiger partial charge on any atom is -0.453 e. The van der Waals surface area contributed by atoms with Gasteiger partial charge < -0.3 is 14.8 Å². The third-order valence-corrected chi connectivity index (χ3v) is 4.00. The Hall–Kier alpha value is -4.07. The van der Waals surface area contributed by atoms with Gasteiger partial charge in [-0.15, -0.1) is 0 Å². The van der Waals surface area contributed by atoms with Crippen LogP contribution in [-0.2, 0) is 14.3 Å². The highest BCUT2D eigenvalue weighted by molar-refractivity contribution is 5.96.